The highest BCUT2D eigenvalue weighted by Gasteiger charge is 2.16. The summed E-state index contributed by atoms with van der Waals surface area (Å²) in [4.78, 5) is 0. The standard InChI is InChI=1S/C21H27OSi/c1-21(2,3)22-19-15-14-18(16-20(19)23(4)5)13-9-12-17-10-7-6-8-11-17/h6-12,14-16H,13H2,1-5H3. The summed E-state index contributed by atoms with van der Waals surface area (Å²) in [5, 5.41) is 1.38. The van der Waals surface area contributed by atoms with Crippen LogP contribution in [0.25, 0.3) is 6.08 Å². The fourth-order valence-corrected chi connectivity index (χ4v) is 3.51. The third-order valence-corrected chi connectivity index (χ3v) is 4.93. The molecule has 0 aliphatic heterocycles. The number of ether oxygens (including phenoxy) is 1. The van der Waals surface area contributed by atoms with Gasteiger partial charge in [0.1, 0.15) is 11.4 Å². The summed E-state index contributed by atoms with van der Waals surface area (Å²) in [6.45, 7) is 10.9. The summed E-state index contributed by atoms with van der Waals surface area (Å²) in [7, 11) is -0.561. The quantitative estimate of drug-likeness (QED) is 0.697. The van der Waals surface area contributed by atoms with Crippen LogP contribution in [0.3, 0.4) is 0 Å². The molecule has 0 saturated carbocycles. The maximum absolute atomic E-state index is 6.13. The first kappa shape index (κ1) is 17.5. The monoisotopic (exact) mass is 323 g/mol. The maximum atomic E-state index is 6.13. The molecule has 0 aliphatic rings. The molecule has 0 fully saturated rings. The molecule has 0 heterocycles. The van der Waals surface area contributed by atoms with E-state index < -0.39 is 8.80 Å². The van der Waals surface area contributed by atoms with Crippen LogP contribution in [-0.2, 0) is 6.42 Å². The molecular weight excluding hydrogens is 296 g/mol. The van der Waals surface area contributed by atoms with Crippen LogP contribution in [-0.4, -0.2) is 14.4 Å². The van der Waals surface area contributed by atoms with Gasteiger partial charge in [-0.15, -0.1) is 0 Å². The second-order valence-electron chi connectivity index (χ2n) is 7.06. The maximum Gasteiger partial charge on any atom is 0.119 e. The van der Waals surface area contributed by atoms with Crippen molar-refractivity contribution in [1.29, 1.82) is 0 Å². The van der Waals surface area contributed by atoms with Crippen LogP contribution >= 0.6 is 0 Å². The predicted octanol–water partition coefficient (Wildman–Crippen LogP) is 5.08. The van der Waals surface area contributed by atoms with Crippen LogP contribution in [0.15, 0.2) is 54.6 Å². The summed E-state index contributed by atoms with van der Waals surface area (Å²) >= 11 is 0. The van der Waals surface area contributed by atoms with E-state index >= 15 is 0 Å². The van der Waals surface area contributed by atoms with E-state index in [0.29, 0.717) is 0 Å². The van der Waals surface area contributed by atoms with E-state index in [2.05, 4.69) is 88.5 Å². The average Bonchev–Trinajstić information content (AvgIpc) is 2.48. The molecule has 2 aromatic rings. The molecule has 2 aromatic carbocycles. The molecule has 1 nitrogen and oxygen atoms in total. The van der Waals surface area contributed by atoms with E-state index in [1.807, 2.05) is 6.07 Å². The van der Waals surface area contributed by atoms with Crippen molar-refractivity contribution in [2.24, 2.45) is 0 Å². The first-order chi connectivity index (χ1) is 10.8. The smallest absolute Gasteiger partial charge is 0.119 e. The third-order valence-electron chi connectivity index (χ3n) is 3.46. The van der Waals surface area contributed by atoms with Crippen molar-refractivity contribution in [3.05, 3.63) is 65.7 Å². The van der Waals surface area contributed by atoms with Crippen LogP contribution in [0.5, 0.6) is 5.75 Å². The van der Waals surface area contributed by atoms with Gasteiger partial charge in [-0.25, -0.2) is 0 Å². The Labute approximate surface area is 142 Å². The minimum Gasteiger partial charge on any atom is -0.488 e. The summed E-state index contributed by atoms with van der Waals surface area (Å²) in [6.07, 6.45) is 5.37. The summed E-state index contributed by atoms with van der Waals surface area (Å²) < 4.78 is 6.13. The molecule has 0 aliphatic carbocycles. The highest BCUT2D eigenvalue weighted by Crippen LogP contribution is 2.18. The number of hydrogen-bond donors (Lipinski definition) is 0. The minimum absolute atomic E-state index is 0.152. The van der Waals surface area contributed by atoms with Crippen molar-refractivity contribution >= 4 is 20.1 Å². The Morgan fingerprint density at radius 3 is 2.30 bits per heavy atom. The molecule has 0 atom stereocenters. The first-order valence-corrected chi connectivity index (χ1v) is 10.7. The molecule has 2 heteroatoms. The number of rotatable bonds is 5. The van der Waals surface area contributed by atoms with Gasteiger partial charge in [0, 0.05) is 0 Å². The van der Waals surface area contributed by atoms with Crippen molar-refractivity contribution in [2.45, 2.75) is 45.9 Å². The Hall–Kier alpha value is -1.80. The molecular formula is C21H27OSi. The van der Waals surface area contributed by atoms with Crippen molar-refractivity contribution in [1.82, 2.24) is 0 Å². The topological polar surface area (TPSA) is 9.23 Å². The van der Waals surface area contributed by atoms with Crippen molar-refractivity contribution in [3.63, 3.8) is 0 Å². The van der Waals surface area contributed by atoms with Gasteiger partial charge < -0.3 is 4.74 Å². The normalized spacial score (nSPS) is 12.1. The Kier molecular flexibility index (Phi) is 5.84. The lowest BCUT2D eigenvalue weighted by Gasteiger charge is -2.24. The van der Waals surface area contributed by atoms with Gasteiger partial charge in [-0.1, -0.05) is 67.7 Å². The fraction of sp³-hybridized carbons (Fsp3) is 0.333. The molecule has 0 amide bonds. The highest BCUT2D eigenvalue weighted by atomic mass is 28.3. The molecule has 0 aromatic heterocycles. The van der Waals surface area contributed by atoms with E-state index in [1.165, 1.54) is 16.3 Å². The Bertz CT molecular complexity index is 651. The van der Waals surface area contributed by atoms with Crippen LogP contribution in [0.1, 0.15) is 31.9 Å². The van der Waals surface area contributed by atoms with Gasteiger partial charge >= 0.3 is 0 Å². The van der Waals surface area contributed by atoms with Gasteiger partial charge in [-0.05, 0) is 49.6 Å². The molecule has 0 N–H and O–H groups in total. The van der Waals surface area contributed by atoms with E-state index in [9.17, 15) is 0 Å². The minimum atomic E-state index is -0.561. The van der Waals surface area contributed by atoms with Gasteiger partial charge in [0.25, 0.3) is 0 Å². The van der Waals surface area contributed by atoms with E-state index in [4.69, 9.17) is 4.74 Å². The molecule has 0 unspecified atom stereocenters. The zero-order valence-corrected chi connectivity index (χ0v) is 15.9. The lowest BCUT2D eigenvalue weighted by molar-refractivity contribution is 0.132. The van der Waals surface area contributed by atoms with Crippen LogP contribution in [0, 0.1) is 0 Å². The number of allylic oxidation sites excluding steroid dienone is 1. The van der Waals surface area contributed by atoms with Crippen LogP contribution < -0.4 is 9.92 Å². The van der Waals surface area contributed by atoms with E-state index in [1.54, 1.807) is 0 Å². The van der Waals surface area contributed by atoms with Crippen molar-refractivity contribution in [2.75, 3.05) is 0 Å². The van der Waals surface area contributed by atoms with Gasteiger partial charge in [0.15, 0.2) is 0 Å². The Morgan fingerprint density at radius 1 is 1.00 bits per heavy atom. The molecule has 0 saturated heterocycles. The van der Waals surface area contributed by atoms with E-state index in [-0.39, 0.29) is 5.60 Å². The predicted molar refractivity (Wildman–Crippen MR) is 103 cm³/mol. The second-order valence-corrected chi connectivity index (χ2v) is 9.60. The molecule has 23 heavy (non-hydrogen) atoms. The van der Waals surface area contributed by atoms with Gasteiger partial charge in [-0.2, -0.15) is 0 Å². The van der Waals surface area contributed by atoms with Crippen LogP contribution in [0.2, 0.25) is 13.1 Å². The molecule has 1 radical (unpaired) electrons. The van der Waals surface area contributed by atoms with Gasteiger partial charge in [0.05, 0.1) is 8.80 Å². The van der Waals surface area contributed by atoms with Gasteiger partial charge in [0.2, 0.25) is 0 Å². The van der Waals surface area contributed by atoms with Crippen molar-refractivity contribution < 1.29 is 4.74 Å². The van der Waals surface area contributed by atoms with Crippen LogP contribution in [0.4, 0.5) is 0 Å². The number of hydrogen-bond acceptors (Lipinski definition) is 1. The molecule has 2 rings (SSSR count). The second kappa shape index (κ2) is 7.65. The Balaban J connectivity index is 2.14. The molecule has 0 spiro atoms. The lowest BCUT2D eigenvalue weighted by atomic mass is 10.1. The van der Waals surface area contributed by atoms with Gasteiger partial charge in [-0.3, -0.25) is 0 Å². The summed E-state index contributed by atoms with van der Waals surface area (Å²) in [5.74, 6) is 1.05. The lowest BCUT2D eigenvalue weighted by Crippen LogP contribution is -2.31. The fourth-order valence-electron chi connectivity index (χ4n) is 2.41. The third kappa shape index (κ3) is 5.72. The average molecular weight is 324 g/mol. The zero-order valence-electron chi connectivity index (χ0n) is 14.9. The Morgan fingerprint density at radius 2 is 1.70 bits per heavy atom. The highest BCUT2D eigenvalue weighted by molar-refractivity contribution is 6.71. The molecule has 0 bridgehead atoms. The summed E-state index contributed by atoms with van der Waals surface area (Å²) in [5.41, 5.74) is 2.44. The largest absolute Gasteiger partial charge is 0.488 e. The van der Waals surface area contributed by atoms with Crippen molar-refractivity contribution in [3.8, 4) is 5.75 Å². The SMILES string of the molecule is C[Si](C)c1cc(CC=Cc2ccccc2)ccc1OC(C)(C)C. The van der Waals surface area contributed by atoms with E-state index in [0.717, 1.165) is 12.2 Å². The molecule has 121 valence electrons. The first-order valence-electron chi connectivity index (χ1n) is 8.19. The number of benzene rings is 2. The summed E-state index contributed by atoms with van der Waals surface area (Å²) in [6, 6.07) is 17.1. The zero-order chi connectivity index (χ0) is 16.9.